The first-order valence-corrected chi connectivity index (χ1v) is 10.8. The molecule has 28 heavy (non-hydrogen) atoms. The van der Waals surface area contributed by atoms with Gasteiger partial charge in [0.05, 0.1) is 6.26 Å². The summed E-state index contributed by atoms with van der Waals surface area (Å²) in [4.78, 5) is 4.30. The van der Waals surface area contributed by atoms with Crippen LogP contribution in [0.1, 0.15) is 22.7 Å². The van der Waals surface area contributed by atoms with Crippen molar-refractivity contribution in [3.63, 3.8) is 0 Å². The van der Waals surface area contributed by atoms with Crippen molar-refractivity contribution in [3.8, 4) is 0 Å². The lowest BCUT2D eigenvalue weighted by Crippen LogP contribution is -2.20. The number of allylic oxidation sites excluding steroid dienone is 1. The number of benzene rings is 2. The number of anilines is 2. The highest BCUT2D eigenvalue weighted by molar-refractivity contribution is 7.91. The summed E-state index contributed by atoms with van der Waals surface area (Å²) in [5.74, 6) is 0.426. The summed E-state index contributed by atoms with van der Waals surface area (Å²) in [6.45, 7) is 2.03. The van der Waals surface area contributed by atoms with Crippen LogP contribution in [-0.2, 0) is 10.0 Å². The Hall–Kier alpha value is -2.84. The summed E-state index contributed by atoms with van der Waals surface area (Å²) >= 11 is 6.43. The first kappa shape index (κ1) is 18.5. The van der Waals surface area contributed by atoms with E-state index in [1.807, 2.05) is 61.5 Å². The number of sulfonamides is 1. The van der Waals surface area contributed by atoms with Crippen LogP contribution < -0.4 is 10.0 Å². The Balaban J connectivity index is 1.83. The van der Waals surface area contributed by atoms with Crippen LogP contribution in [0.5, 0.6) is 0 Å². The molecule has 0 aliphatic carbocycles. The minimum absolute atomic E-state index is 0.000565. The maximum Gasteiger partial charge on any atom is 0.257 e. The van der Waals surface area contributed by atoms with E-state index in [1.54, 1.807) is 4.68 Å². The van der Waals surface area contributed by atoms with Crippen LogP contribution in [0.2, 0.25) is 5.02 Å². The van der Waals surface area contributed by atoms with Gasteiger partial charge in [0, 0.05) is 10.7 Å². The number of halogens is 1. The molecule has 0 bridgehead atoms. The summed E-state index contributed by atoms with van der Waals surface area (Å²) in [6.07, 6.45) is 3.06. The summed E-state index contributed by atoms with van der Waals surface area (Å²) in [5.41, 5.74) is 3.82. The normalized spacial score (nSPS) is 16.1. The average Bonchev–Trinajstić information content (AvgIpc) is 3.02. The molecule has 0 radical (unpaired) electrons. The lowest BCUT2D eigenvalue weighted by atomic mass is 10.0. The molecule has 1 aliphatic heterocycles. The maximum atomic E-state index is 11.6. The molecule has 1 unspecified atom stereocenters. The van der Waals surface area contributed by atoms with Crippen molar-refractivity contribution in [3.05, 3.63) is 76.3 Å². The molecule has 7 nitrogen and oxygen atoms in total. The largest absolute Gasteiger partial charge is 0.324 e. The van der Waals surface area contributed by atoms with E-state index in [-0.39, 0.29) is 12.0 Å². The van der Waals surface area contributed by atoms with E-state index in [2.05, 4.69) is 20.1 Å². The fourth-order valence-electron chi connectivity index (χ4n) is 3.04. The molecule has 2 aromatic carbocycles. The zero-order valence-corrected chi connectivity index (χ0v) is 16.8. The van der Waals surface area contributed by atoms with Gasteiger partial charge in [0.15, 0.2) is 0 Å². The Morgan fingerprint density at radius 3 is 2.54 bits per heavy atom. The highest BCUT2D eigenvalue weighted by Crippen LogP contribution is 2.35. The van der Waals surface area contributed by atoms with Gasteiger partial charge in [-0.15, -0.1) is 5.10 Å². The molecule has 4 rings (SSSR count). The number of hydrogen-bond acceptors (Lipinski definition) is 5. The van der Waals surface area contributed by atoms with Crippen molar-refractivity contribution in [2.75, 3.05) is 16.3 Å². The third-order valence-electron chi connectivity index (χ3n) is 4.33. The molecule has 0 fully saturated rings. The number of nitrogens with zero attached hydrogens (tertiary/aromatic N) is 3. The molecule has 1 aliphatic rings. The number of nitrogens with one attached hydrogen (secondary N) is 2. The van der Waals surface area contributed by atoms with Crippen molar-refractivity contribution in [2.24, 2.45) is 0 Å². The predicted molar refractivity (Wildman–Crippen MR) is 111 cm³/mol. The minimum Gasteiger partial charge on any atom is -0.324 e. The Kier molecular flexibility index (Phi) is 4.60. The third-order valence-corrected chi connectivity index (χ3v) is 5.23. The van der Waals surface area contributed by atoms with E-state index >= 15 is 0 Å². The molecule has 9 heteroatoms. The van der Waals surface area contributed by atoms with Gasteiger partial charge in [0.25, 0.3) is 5.95 Å². The monoisotopic (exact) mass is 415 g/mol. The van der Waals surface area contributed by atoms with E-state index < -0.39 is 10.0 Å². The number of rotatable bonds is 4. The predicted octanol–water partition coefficient (Wildman–Crippen LogP) is 3.67. The van der Waals surface area contributed by atoms with Gasteiger partial charge >= 0.3 is 0 Å². The number of fused-ring (bicyclic) bond motifs is 1. The summed E-state index contributed by atoms with van der Waals surface area (Å²) in [6, 6.07) is 15.2. The molecule has 0 spiro atoms. The van der Waals surface area contributed by atoms with E-state index in [1.165, 1.54) is 0 Å². The van der Waals surface area contributed by atoms with Crippen LogP contribution in [0, 0.1) is 6.92 Å². The van der Waals surface area contributed by atoms with Crippen LogP contribution in [0.4, 0.5) is 11.9 Å². The SMILES string of the molecule is Cc1ccc(C2=CC(c3ccccc3Cl)n3nc(NS(C)(=O)=O)nc3N2)cc1. The van der Waals surface area contributed by atoms with E-state index in [4.69, 9.17) is 11.6 Å². The van der Waals surface area contributed by atoms with Gasteiger partial charge in [-0.3, -0.25) is 4.72 Å². The lowest BCUT2D eigenvalue weighted by Gasteiger charge is -2.25. The summed E-state index contributed by atoms with van der Waals surface area (Å²) < 4.78 is 27.1. The molecule has 2 N–H and O–H groups in total. The van der Waals surface area contributed by atoms with Gasteiger partial charge in [0.2, 0.25) is 16.0 Å². The molecule has 1 atom stereocenters. The van der Waals surface area contributed by atoms with Gasteiger partial charge in [-0.2, -0.15) is 4.98 Å². The molecule has 2 heterocycles. The van der Waals surface area contributed by atoms with Gasteiger partial charge in [-0.1, -0.05) is 59.6 Å². The zero-order chi connectivity index (χ0) is 19.9. The van der Waals surface area contributed by atoms with Crippen LogP contribution >= 0.6 is 11.6 Å². The second-order valence-electron chi connectivity index (χ2n) is 6.62. The average molecular weight is 416 g/mol. The first-order chi connectivity index (χ1) is 13.3. The number of aromatic nitrogens is 3. The molecular weight excluding hydrogens is 398 g/mol. The Labute approximate surface area is 168 Å². The van der Waals surface area contributed by atoms with Crippen LogP contribution in [0.3, 0.4) is 0 Å². The first-order valence-electron chi connectivity index (χ1n) is 8.55. The number of aryl methyl sites for hydroxylation is 1. The molecule has 1 aromatic heterocycles. The van der Waals surface area contributed by atoms with E-state index in [9.17, 15) is 8.42 Å². The molecule has 0 amide bonds. The molecule has 0 saturated heterocycles. The standard InChI is InChI=1S/C19H18ClN5O2S/c1-12-7-9-13(10-8-12)16-11-17(14-5-3-4-6-15(14)20)25-19(21-16)22-18(23-25)24-28(2,26)27/h3-11,17H,1-2H3,(H2,21,22,23,24). The third kappa shape index (κ3) is 3.74. The lowest BCUT2D eigenvalue weighted by molar-refractivity contribution is 0.603. The quantitative estimate of drug-likeness (QED) is 0.678. The molecule has 3 aromatic rings. The second kappa shape index (κ2) is 6.96. The van der Waals surface area contributed by atoms with Crippen LogP contribution in [-0.4, -0.2) is 29.4 Å². The molecular formula is C19H18ClN5O2S. The van der Waals surface area contributed by atoms with Gasteiger partial charge in [-0.05, 0) is 30.2 Å². The highest BCUT2D eigenvalue weighted by Gasteiger charge is 2.27. The minimum atomic E-state index is -3.50. The highest BCUT2D eigenvalue weighted by atomic mass is 35.5. The Morgan fingerprint density at radius 2 is 1.86 bits per heavy atom. The van der Waals surface area contributed by atoms with E-state index in [0.29, 0.717) is 11.0 Å². The van der Waals surface area contributed by atoms with Gasteiger partial charge < -0.3 is 5.32 Å². The fraction of sp³-hybridized carbons (Fsp3) is 0.158. The van der Waals surface area contributed by atoms with Gasteiger partial charge in [-0.25, -0.2) is 13.1 Å². The number of hydrogen-bond donors (Lipinski definition) is 2. The Morgan fingerprint density at radius 1 is 1.14 bits per heavy atom. The molecule has 0 saturated carbocycles. The van der Waals surface area contributed by atoms with Crippen molar-refractivity contribution in [1.29, 1.82) is 0 Å². The fourth-order valence-corrected chi connectivity index (χ4v) is 3.71. The van der Waals surface area contributed by atoms with Gasteiger partial charge in [0.1, 0.15) is 6.04 Å². The molecule has 144 valence electrons. The summed E-state index contributed by atoms with van der Waals surface area (Å²) in [5, 5.41) is 8.15. The zero-order valence-electron chi connectivity index (χ0n) is 15.2. The summed E-state index contributed by atoms with van der Waals surface area (Å²) in [7, 11) is -3.50. The van der Waals surface area contributed by atoms with Crippen LogP contribution in [0.25, 0.3) is 5.70 Å². The second-order valence-corrected chi connectivity index (χ2v) is 8.77. The van der Waals surface area contributed by atoms with E-state index in [0.717, 1.165) is 28.6 Å². The van der Waals surface area contributed by atoms with Crippen molar-refractivity contribution < 1.29 is 8.42 Å². The Bertz CT molecular complexity index is 1170. The topological polar surface area (TPSA) is 88.9 Å². The maximum absolute atomic E-state index is 11.6. The van der Waals surface area contributed by atoms with Crippen molar-refractivity contribution in [2.45, 2.75) is 13.0 Å². The van der Waals surface area contributed by atoms with Crippen molar-refractivity contribution >= 4 is 39.2 Å². The smallest absolute Gasteiger partial charge is 0.257 e. The van der Waals surface area contributed by atoms with Crippen LogP contribution in [0.15, 0.2) is 54.6 Å². The van der Waals surface area contributed by atoms with Crippen molar-refractivity contribution in [1.82, 2.24) is 14.8 Å².